The SMILES string of the molecule is Cn1c(-c2ccccc2C(F)(F)F)nnc1C(C)(C)Oc1ccc(Cl)cc1-c1ncc(C(=O)O)[nH]1. The molecule has 0 aliphatic heterocycles. The van der Waals surface area contributed by atoms with Gasteiger partial charge in [-0.05, 0) is 38.1 Å². The van der Waals surface area contributed by atoms with E-state index < -0.39 is 23.3 Å². The second kappa shape index (κ2) is 8.73. The summed E-state index contributed by atoms with van der Waals surface area (Å²) in [4.78, 5) is 18.0. The minimum atomic E-state index is -4.56. The highest BCUT2D eigenvalue weighted by molar-refractivity contribution is 6.30. The second-order valence-electron chi connectivity index (χ2n) is 8.15. The average Bonchev–Trinajstić information content (AvgIpc) is 3.42. The third-order valence-electron chi connectivity index (χ3n) is 5.25. The van der Waals surface area contributed by atoms with Crippen molar-refractivity contribution in [3.63, 3.8) is 0 Å². The molecule has 2 heterocycles. The first kappa shape index (κ1) is 24.3. The van der Waals surface area contributed by atoms with Crippen molar-refractivity contribution >= 4 is 17.6 Å². The van der Waals surface area contributed by atoms with Gasteiger partial charge in [0.1, 0.15) is 17.3 Å². The van der Waals surface area contributed by atoms with Crippen LogP contribution in [0.4, 0.5) is 13.2 Å². The molecule has 0 unspecified atom stereocenters. The van der Waals surface area contributed by atoms with E-state index in [-0.39, 0.29) is 28.7 Å². The number of H-pyrrole nitrogens is 1. The van der Waals surface area contributed by atoms with Crippen LogP contribution in [0.25, 0.3) is 22.8 Å². The fraction of sp³-hybridized carbons (Fsp3) is 0.217. The van der Waals surface area contributed by atoms with Gasteiger partial charge in [-0.3, -0.25) is 0 Å². The molecule has 8 nitrogen and oxygen atoms in total. The Bertz CT molecular complexity index is 1410. The molecule has 0 atom stereocenters. The Morgan fingerprint density at radius 2 is 1.83 bits per heavy atom. The van der Waals surface area contributed by atoms with E-state index in [1.54, 1.807) is 39.1 Å². The zero-order valence-corrected chi connectivity index (χ0v) is 19.4. The largest absolute Gasteiger partial charge is 0.479 e. The summed E-state index contributed by atoms with van der Waals surface area (Å²) in [5.41, 5.74) is -1.83. The number of nitrogens with zero attached hydrogens (tertiary/aromatic N) is 4. The number of halogens is 4. The van der Waals surface area contributed by atoms with Gasteiger partial charge in [0.25, 0.3) is 0 Å². The third kappa shape index (κ3) is 4.72. The van der Waals surface area contributed by atoms with Gasteiger partial charge in [0.15, 0.2) is 17.2 Å². The van der Waals surface area contributed by atoms with Crippen molar-refractivity contribution in [1.29, 1.82) is 0 Å². The molecule has 2 aromatic heterocycles. The number of hydrogen-bond acceptors (Lipinski definition) is 5. The Morgan fingerprint density at radius 1 is 1.11 bits per heavy atom. The monoisotopic (exact) mass is 505 g/mol. The maximum Gasteiger partial charge on any atom is 0.417 e. The van der Waals surface area contributed by atoms with E-state index in [0.29, 0.717) is 16.3 Å². The van der Waals surface area contributed by atoms with Crippen LogP contribution in [-0.4, -0.2) is 35.8 Å². The Hall–Kier alpha value is -3.86. The zero-order valence-electron chi connectivity index (χ0n) is 18.7. The lowest BCUT2D eigenvalue weighted by Gasteiger charge is -2.27. The number of aromatic carboxylic acids is 1. The molecule has 0 aliphatic carbocycles. The van der Waals surface area contributed by atoms with E-state index in [1.165, 1.54) is 29.0 Å². The summed E-state index contributed by atoms with van der Waals surface area (Å²) >= 11 is 6.14. The molecular formula is C23H19ClF3N5O3. The summed E-state index contributed by atoms with van der Waals surface area (Å²) in [5.74, 6) is -0.382. The lowest BCUT2D eigenvalue weighted by atomic mass is 10.1. The number of nitrogens with one attached hydrogen (secondary N) is 1. The molecule has 2 N–H and O–H groups in total. The molecule has 0 amide bonds. The van der Waals surface area contributed by atoms with Crippen LogP contribution >= 0.6 is 11.6 Å². The van der Waals surface area contributed by atoms with Crippen molar-refractivity contribution < 1.29 is 27.8 Å². The predicted octanol–water partition coefficient (Wildman–Crippen LogP) is 5.56. The van der Waals surface area contributed by atoms with Crippen LogP contribution in [0.3, 0.4) is 0 Å². The summed E-state index contributed by atoms with van der Waals surface area (Å²) in [6.07, 6.45) is -3.40. The highest BCUT2D eigenvalue weighted by Crippen LogP contribution is 2.39. The molecule has 4 aromatic rings. The molecule has 0 spiro atoms. The first-order chi connectivity index (χ1) is 16.4. The zero-order chi connectivity index (χ0) is 25.5. The van der Waals surface area contributed by atoms with Crippen LogP contribution in [0.1, 0.15) is 35.7 Å². The van der Waals surface area contributed by atoms with Gasteiger partial charge >= 0.3 is 12.1 Å². The summed E-state index contributed by atoms with van der Waals surface area (Å²) < 4.78 is 48.3. The maximum atomic E-state index is 13.5. The number of rotatable bonds is 6. The van der Waals surface area contributed by atoms with Crippen LogP contribution in [-0.2, 0) is 18.8 Å². The molecule has 0 aliphatic rings. The Labute approximate surface area is 202 Å². The molecule has 35 heavy (non-hydrogen) atoms. The molecule has 12 heteroatoms. The summed E-state index contributed by atoms with van der Waals surface area (Å²) in [5, 5.41) is 17.7. The van der Waals surface area contributed by atoms with Crippen molar-refractivity contribution in [2.45, 2.75) is 25.6 Å². The first-order valence-corrected chi connectivity index (χ1v) is 10.6. The maximum absolute atomic E-state index is 13.5. The van der Waals surface area contributed by atoms with Crippen LogP contribution in [0.5, 0.6) is 5.75 Å². The molecule has 2 aromatic carbocycles. The summed E-state index contributed by atoms with van der Waals surface area (Å²) in [6, 6.07) is 9.84. The number of hydrogen-bond donors (Lipinski definition) is 2. The summed E-state index contributed by atoms with van der Waals surface area (Å²) in [6.45, 7) is 3.36. The van der Waals surface area contributed by atoms with Gasteiger partial charge < -0.3 is 19.4 Å². The van der Waals surface area contributed by atoms with Crippen LogP contribution < -0.4 is 4.74 Å². The van der Waals surface area contributed by atoms with Crippen molar-refractivity contribution in [3.8, 4) is 28.5 Å². The topological polar surface area (TPSA) is 106 Å². The van der Waals surface area contributed by atoms with Gasteiger partial charge in [-0.15, -0.1) is 10.2 Å². The minimum absolute atomic E-state index is 0.0260. The highest BCUT2D eigenvalue weighted by atomic mass is 35.5. The fourth-order valence-corrected chi connectivity index (χ4v) is 3.85. The molecule has 0 saturated heterocycles. The number of aromatic amines is 1. The van der Waals surface area contributed by atoms with E-state index in [0.717, 1.165) is 6.07 Å². The fourth-order valence-electron chi connectivity index (χ4n) is 3.68. The number of ether oxygens (including phenoxy) is 1. The Balaban J connectivity index is 1.73. The number of carbonyl (C=O) groups is 1. The van der Waals surface area contributed by atoms with Gasteiger partial charge in [0, 0.05) is 17.6 Å². The molecule has 182 valence electrons. The van der Waals surface area contributed by atoms with Crippen molar-refractivity contribution in [2.24, 2.45) is 7.05 Å². The van der Waals surface area contributed by atoms with Gasteiger partial charge in [-0.2, -0.15) is 13.2 Å². The van der Waals surface area contributed by atoms with Crippen molar-refractivity contribution in [3.05, 3.63) is 70.8 Å². The smallest absolute Gasteiger partial charge is 0.417 e. The Morgan fingerprint density at radius 3 is 2.49 bits per heavy atom. The van der Waals surface area contributed by atoms with Gasteiger partial charge in [-0.25, -0.2) is 9.78 Å². The molecule has 0 radical (unpaired) electrons. The van der Waals surface area contributed by atoms with Crippen LogP contribution in [0.2, 0.25) is 5.02 Å². The molecular weight excluding hydrogens is 487 g/mol. The van der Waals surface area contributed by atoms with E-state index in [2.05, 4.69) is 20.2 Å². The van der Waals surface area contributed by atoms with Crippen LogP contribution in [0, 0.1) is 0 Å². The predicted molar refractivity (Wildman–Crippen MR) is 121 cm³/mol. The van der Waals surface area contributed by atoms with Gasteiger partial charge in [-0.1, -0.05) is 29.8 Å². The van der Waals surface area contributed by atoms with Gasteiger partial charge in [0.05, 0.1) is 17.3 Å². The van der Waals surface area contributed by atoms with Crippen LogP contribution in [0.15, 0.2) is 48.7 Å². The van der Waals surface area contributed by atoms with Crippen molar-refractivity contribution in [2.75, 3.05) is 0 Å². The van der Waals surface area contributed by atoms with E-state index in [1.807, 2.05) is 0 Å². The number of aromatic nitrogens is 5. The minimum Gasteiger partial charge on any atom is -0.479 e. The molecule has 0 saturated carbocycles. The summed E-state index contributed by atoms with van der Waals surface area (Å²) in [7, 11) is 1.55. The lowest BCUT2D eigenvalue weighted by molar-refractivity contribution is -0.137. The third-order valence-corrected chi connectivity index (χ3v) is 5.49. The standard InChI is InChI=1S/C23H19ClF3N5O3/c1-22(2,21-31-30-19(32(21)3)13-6-4-5-7-15(13)23(25,26)27)35-17-9-8-12(24)10-14(17)18-28-11-16(29-18)20(33)34/h4-11H,1-3H3,(H,28,29)(H,33,34). The number of alkyl halides is 3. The highest BCUT2D eigenvalue weighted by Gasteiger charge is 2.36. The van der Waals surface area contributed by atoms with E-state index >= 15 is 0 Å². The number of imidazole rings is 1. The van der Waals surface area contributed by atoms with E-state index in [4.69, 9.17) is 16.3 Å². The normalized spacial score (nSPS) is 12.1. The molecule has 0 bridgehead atoms. The molecule has 4 rings (SSSR count). The number of carboxylic acids is 1. The lowest BCUT2D eigenvalue weighted by Crippen LogP contribution is -2.29. The van der Waals surface area contributed by atoms with Crippen molar-refractivity contribution in [1.82, 2.24) is 24.7 Å². The van der Waals surface area contributed by atoms with Gasteiger partial charge in [0.2, 0.25) is 0 Å². The quantitative estimate of drug-likeness (QED) is 0.355. The Kier molecular flexibility index (Phi) is 6.05. The second-order valence-corrected chi connectivity index (χ2v) is 8.59. The number of benzene rings is 2. The first-order valence-electron chi connectivity index (χ1n) is 10.2. The van der Waals surface area contributed by atoms with E-state index in [9.17, 15) is 23.1 Å². The average molecular weight is 506 g/mol. The number of carboxylic acid groups (broad SMARTS) is 1. The molecule has 0 fully saturated rings.